The second-order valence-corrected chi connectivity index (χ2v) is 18.6. The van der Waals surface area contributed by atoms with Crippen LogP contribution in [-0.4, -0.2) is 18.3 Å². The third kappa shape index (κ3) is 6.24. The van der Waals surface area contributed by atoms with Gasteiger partial charge in [0.25, 0.3) is 0 Å². The zero-order chi connectivity index (χ0) is 50.2. The topological polar surface area (TPSA) is 43.5 Å². The molecule has 0 radical (unpaired) electrons. The lowest BCUT2D eigenvalue weighted by Gasteiger charge is -2.24. The molecule has 0 amide bonds. The molecule has 14 rings (SSSR count). The highest BCUT2D eigenvalue weighted by atomic mass is 19.4. The Kier molecular flexibility index (Phi) is 9.20. The van der Waals surface area contributed by atoms with Crippen LogP contribution in [0.1, 0.15) is 16.7 Å². The number of nitriles is 1. The van der Waals surface area contributed by atoms with Gasteiger partial charge < -0.3 is 18.3 Å². The van der Waals surface area contributed by atoms with E-state index in [0.29, 0.717) is 50.7 Å². The van der Waals surface area contributed by atoms with Crippen molar-refractivity contribution >= 4 is 87.2 Å². The fraction of sp³-hybridized carbons (Fsp3) is 0.0317. The molecule has 354 valence electrons. The van der Waals surface area contributed by atoms with Gasteiger partial charge in [0.15, 0.2) is 0 Å². The van der Waals surface area contributed by atoms with E-state index in [1.54, 1.807) is 21.3 Å². The smallest absolute Gasteiger partial charge is 0.309 e. The van der Waals surface area contributed by atoms with Gasteiger partial charge in [0, 0.05) is 65.6 Å². The zero-order valence-corrected chi connectivity index (χ0v) is 38.7. The number of benzene rings is 10. The van der Waals surface area contributed by atoms with Gasteiger partial charge in [0.05, 0.1) is 72.2 Å². The fourth-order valence-corrected chi connectivity index (χ4v) is 11.7. The molecule has 74 heavy (non-hydrogen) atoms. The number of para-hydroxylation sites is 6. The average Bonchev–Trinajstić information content (AvgIpc) is 4.14. The van der Waals surface area contributed by atoms with Crippen LogP contribution in [0.3, 0.4) is 0 Å². The summed E-state index contributed by atoms with van der Waals surface area (Å²) in [6.07, 6.45) is -10.5. The van der Waals surface area contributed by atoms with E-state index in [1.165, 1.54) is 12.1 Å². The summed E-state index contributed by atoms with van der Waals surface area (Å²) in [6, 6.07) is 65.9. The monoisotopic (exact) mass is 975 g/mol. The Balaban J connectivity index is 1.12. The van der Waals surface area contributed by atoms with Gasteiger partial charge in [-0.05, 0) is 84.9 Å². The summed E-state index contributed by atoms with van der Waals surface area (Å²) >= 11 is 0. The molecule has 0 atom stereocenters. The minimum Gasteiger partial charge on any atom is -0.309 e. The first kappa shape index (κ1) is 43.3. The lowest BCUT2D eigenvalue weighted by atomic mass is 9.90. The maximum absolute atomic E-state index is 15.6. The fourth-order valence-electron chi connectivity index (χ4n) is 11.7. The van der Waals surface area contributed by atoms with E-state index in [1.807, 2.05) is 158 Å². The molecule has 14 aromatic rings. The minimum absolute atomic E-state index is 0.0243. The molecular formula is C63H35F6N5. The van der Waals surface area contributed by atoms with Gasteiger partial charge in [-0.25, -0.2) is 0 Å². The molecule has 0 aliphatic carbocycles. The molecule has 0 saturated carbocycles. The van der Waals surface area contributed by atoms with Crippen LogP contribution in [0.15, 0.2) is 212 Å². The van der Waals surface area contributed by atoms with E-state index in [-0.39, 0.29) is 22.5 Å². The first-order chi connectivity index (χ1) is 36.0. The van der Waals surface area contributed by atoms with Gasteiger partial charge >= 0.3 is 12.4 Å². The van der Waals surface area contributed by atoms with Crippen molar-refractivity contribution in [2.24, 2.45) is 0 Å². The lowest BCUT2D eigenvalue weighted by molar-refractivity contribution is -0.142. The quantitative estimate of drug-likeness (QED) is 0.159. The Labute approximate surface area is 416 Å². The van der Waals surface area contributed by atoms with E-state index < -0.39 is 29.0 Å². The van der Waals surface area contributed by atoms with E-state index in [2.05, 4.69) is 27.3 Å². The molecule has 0 spiro atoms. The van der Waals surface area contributed by atoms with E-state index in [4.69, 9.17) is 0 Å². The van der Waals surface area contributed by atoms with Crippen LogP contribution >= 0.6 is 0 Å². The summed E-state index contributed by atoms with van der Waals surface area (Å²) in [5.41, 5.74) is 3.15. The summed E-state index contributed by atoms with van der Waals surface area (Å²) in [6.45, 7) is 0. The van der Waals surface area contributed by atoms with Crippen molar-refractivity contribution in [3.8, 4) is 39.9 Å². The normalized spacial score (nSPS) is 12.4. The standard InChI is InChI=1S/C63H35F6N5/c64-62(65,66)49-20-13-21-50(63(67,68)69)61(49)48-35-57(73-55-26-11-5-18-44(55)46-30-28-38(33-59(46)73)71-51-22-7-1-14-40(51)41-15-2-8-23-52(41)71)37(36-70)32-58(48)74-56-27-12-6-19-45(56)47-31-29-39(34-60(47)74)72-53-24-9-3-16-42(53)43-17-4-10-25-54(43)72/h1-35H. The summed E-state index contributed by atoms with van der Waals surface area (Å²) < 4.78 is 102. The van der Waals surface area contributed by atoms with Crippen LogP contribution in [0.25, 0.3) is 121 Å². The molecule has 11 heteroatoms. The summed E-state index contributed by atoms with van der Waals surface area (Å²) in [5, 5.41) is 18.5. The molecule has 5 nitrogen and oxygen atoms in total. The first-order valence-corrected chi connectivity index (χ1v) is 23.9. The molecule has 0 unspecified atom stereocenters. The van der Waals surface area contributed by atoms with Gasteiger partial charge in [-0.15, -0.1) is 0 Å². The molecule has 4 heterocycles. The number of rotatable bonds is 5. The Morgan fingerprint density at radius 3 is 0.986 bits per heavy atom. The van der Waals surface area contributed by atoms with Crippen molar-refractivity contribution in [2.75, 3.05) is 0 Å². The highest BCUT2D eigenvalue weighted by Gasteiger charge is 2.42. The number of nitrogens with zero attached hydrogens (tertiary/aromatic N) is 5. The van der Waals surface area contributed by atoms with Crippen molar-refractivity contribution in [1.82, 2.24) is 18.3 Å². The summed E-state index contributed by atoms with van der Waals surface area (Å²) in [4.78, 5) is 0. The van der Waals surface area contributed by atoms with Crippen molar-refractivity contribution in [2.45, 2.75) is 12.4 Å². The molecule has 0 saturated heterocycles. The van der Waals surface area contributed by atoms with E-state index in [9.17, 15) is 5.26 Å². The molecule has 0 N–H and O–H groups in total. The largest absolute Gasteiger partial charge is 0.417 e. The van der Waals surface area contributed by atoms with Crippen LogP contribution in [0.2, 0.25) is 0 Å². The Morgan fingerprint density at radius 1 is 0.311 bits per heavy atom. The third-order valence-corrected chi connectivity index (χ3v) is 14.7. The van der Waals surface area contributed by atoms with Gasteiger partial charge in [-0.2, -0.15) is 31.6 Å². The Hall–Kier alpha value is -9.53. The second kappa shape index (κ2) is 15.7. The maximum atomic E-state index is 15.6. The van der Waals surface area contributed by atoms with Crippen LogP contribution in [0.4, 0.5) is 26.3 Å². The number of hydrogen-bond acceptors (Lipinski definition) is 1. The van der Waals surface area contributed by atoms with Crippen LogP contribution in [0, 0.1) is 11.3 Å². The van der Waals surface area contributed by atoms with Crippen LogP contribution in [0.5, 0.6) is 0 Å². The first-order valence-electron chi connectivity index (χ1n) is 23.9. The Bertz CT molecular complexity index is 4590. The summed E-state index contributed by atoms with van der Waals surface area (Å²) in [5.74, 6) is 0. The maximum Gasteiger partial charge on any atom is 0.417 e. The van der Waals surface area contributed by atoms with Crippen molar-refractivity contribution in [3.05, 3.63) is 229 Å². The van der Waals surface area contributed by atoms with Gasteiger partial charge in [0.1, 0.15) is 6.07 Å². The highest BCUT2D eigenvalue weighted by molar-refractivity contribution is 6.14. The van der Waals surface area contributed by atoms with Crippen molar-refractivity contribution < 1.29 is 26.3 Å². The number of hydrogen-bond donors (Lipinski definition) is 0. The second-order valence-electron chi connectivity index (χ2n) is 18.6. The molecule has 0 aliphatic heterocycles. The van der Waals surface area contributed by atoms with Crippen LogP contribution in [-0.2, 0) is 12.4 Å². The highest BCUT2D eigenvalue weighted by Crippen LogP contribution is 2.49. The summed E-state index contributed by atoms with van der Waals surface area (Å²) in [7, 11) is 0. The molecule has 10 aromatic carbocycles. The van der Waals surface area contributed by atoms with Crippen LogP contribution < -0.4 is 0 Å². The number of fused-ring (bicyclic) bond motifs is 12. The predicted octanol–water partition coefficient (Wildman–Crippen LogP) is 17.7. The zero-order valence-electron chi connectivity index (χ0n) is 38.7. The number of alkyl halides is 6. The van der Waals surface area contributed by atoms with Crippen molar-refractivity contribution in [1.29, 1.82) is 5.26 Å². The molecule has 0 aliphatic rings. The molecular weight excluding hydrogens is 941 g/mol. The number of aromatic nitrogens is 4. The van der Waals surface area contributed by atoms with E-state index >= 15 is 26.3 Å². The average molecular weight is 976 g/mol. The van der Waals surface area contributed by atoms with Gasteiger partial charge in [-0.3, -0.25) is 0 Å². The Morgan fingerprint density at radius 2 is 0.635 bits per heavy atom. The van der Waals surface area contributed by atoms with Crippen molar-refractivity contribution in [3.63, 3.8) is 0 Å². The molecule has 0 fully saturated rings. The minimum atomic E-state index is -5.23. The molecule has 4 aromatic heterocycles. The number of halogens is 6. The third-order valence-electron chi connectivity index (χ3n) is 14.7. The van der Waals surface area contributed by atoms with Gasteiger partial charge in [0.2, 0.25) is 0 Å². The van der Waals surface area contributed by atoms with Gasteiger partial charge in [-0.1, -0.05) is 127 Å². The SMILES string of the molecule is N#Cc1cc(-n2c3ccccc3c3ccc(-n4c5ccccc5c5ccccc54)cc32)c(-c2c(C(F)(F)F)cccc2C(F)(F)F)cc1-n1c2ccccc2c2ccc(-n3c4ccccc4c4ccccc43)cc21. The van der Waals surface area contributed by atoms with E-state index in [0.717, 1.165) is 66.1 Å². The predicted molar refractivity (Wildman–Crippen MR) is 284 cm³/mol. The molecule has 0 bridgehead atoms. The lowest BCUT2D eigenvalue weighted by Crippen LogP contribution is -2.15.